The van der Waals surface area contributed by atoms with E-state index >= 15 is 0 Å². The SMILES string of the molecule is CC(C)CNC(N)=NCc1cc2ccccc2n(C)c1=O. The van der Waals surface area contributed by atoms with Gasteiger partial charge in [-0.2, -0.15) is 0 Å². The quantitative estimate of drug-likeness (QED) is 0.662. The Bertz CT molecular complexity index is 716. The van der Waals surface area contributed by atoms with E-state index < -0.39 is 0 Å². The molecule has 0 aliphatic carbocycles. The summed E-state index contributed by atoms with van der Waals surface area (Å²) in [5.74, 6) is 0.867. The second kappa shape index (κ2) is 6.43. The smallest absolute Gasteiger partial charge is 0.255 e. The van der Waals surface area contributed by atoms with Crippen LogP contribution >= 0.6 is 0 Å². The van der Waals surface area contributed by atoms with Crippen molar-refractivity contribution in [3.05, 3.63) is 46.2 Å². The molecule has 1 aromatic carbocycles. The minimum Gasteiger partial charge on any atom is -0.370 e. The molecule has 0 unspecified atom stereocenters. The number of aryl methyl sites for hydroxylation is 1. The van der Waals surface area contributed by atoms with Gasteiger partial charge in [-0.25, -0.2) is 4.99 Å². The molecule has 112 valence electrons. The van der Waals surface area contributed by atoms with Crippen molar-refractivity contribution in [2.45, 2.75) is 20.4 Å². The highest BCUT2D eigenvalue weighted by Crippen LogP contribution is 2.12. The summed E-state index contributed by atoms with van der Waals surface area (Å²) in [4.78, 5) is 16.5. The Morgan fingerprint density at radius 2 is 2.10 bits per heavy atom. The molecule has 0 amide bonds. The van der Waals surface area contributed by atoms with E-state index in [0.29, 0.717) is 17.4 Å². The van der Waals surface area contributed by atoms with Crippen LogP contribution in [0.4, 0.5) is 0 Å². The Labute approximate surface area is 124 Å². The fourth-order valence-corrected chi connectivity index (χ4v) is 2.14. The molecule has 0 aliphatic heterocycles. The summed E-state index contributed by atoms with van der Waals surface area (Å²) in [5.41, 5.74) is 7.33. The Balaban J connectivity index is 2.25. The number of para-hydroxylation sites is 1. The summed E-state index contributed by atoms with van der Waals surface area (Å²) in [7, 11) is 1.78. The van der Waals surface area contributed by atoms with Crippen molar-refractivity contribution in [2.75, 3.05) is 6.54 Å². The zero-order valence-corrected chi connectivity index (χ0v) is 12.8. The zero-order chi connectivity index (χ0) is 15.4. The van der Waals surface area contributed by atoms with E-state index in [1.807, 2.05) is 30.3 Å². The number of guanidine groups is 1. The first-order chi connectivity index (χ1) is 9.99. The molecule has 0 aliphatic rings. The van der Waals surface area contributed by atoms with E-state index in [9.17, 15) is 4.79 Å². The summed E-state index contributed by atoms with van der Waals surface area (Å²) in [5, 5.41) is 4.07. The normalized spacial score (nSPS) is 12.1. The first-order valence-corrected chi connectivity index (χ1v) is 7.10. The number of pyridine rings is 1. The molecule has 0 saturated heterocycles. The summed E-state index contributed by atoms with van der Waals surface area (Å²) in [6.07, 6.45) is 0. The molecule has 0 fully saturated rings. The van der Waals surface area contributed by atoms with E-state index in [0.717, 1.165) is 17.4 Å². The summed E-state index contributed by atoms with van der Waals surface area (Å²) < 4.78 is 1.65. The topological polar surface area (TPSA) is 72.4 Å². The lowest BCUT2D eigenvalue weighted by atomic mass is 10.1. The number of benzene rings is 1. The first-order valence-electron chi connectivity index (χ1n) is 7.10. The van der Waals surface area contributed by atoms with Crippen LogP contribution < -0.4 is 16.6 Å². The van der Waals surface area contributed by atoms with E-state index in [-0.39, 0.29) is 12.1 Å². The van der Waals surface area contributed by atoms with Crippen molar-refractivity contribution in [2.24, 2.45) is 23.7 Å². The van der Waals surface area contributed by atoms with Gasteiger partial charge in [-0.1, -0.05) is 32.0 Å². The molecular weight excluding hydrogens is 264 g/mol. The molecule has 2 rings (SSSR count). The fraction of sp³-hybridized carbons (Fsp3) is 0.375. The van der Waals surface area contributed by atoms with Crippen LogP contribution in [-0.2, 0) is 13.6 Å². The monoisotopic (exact) mass is 286 g/mol. The number of aliphatic imine (C=N–C) groups is 1. The van der Waals surface area contributed by atoms with Crippen LogP contribution in [0.15, 0.2) is 40.1 Å². The maximum Gasteiger partial charge on any atom is 0.255 e. The van der Waals surface area contributed by atoms with Crippen LogP contribution in [0.5, 0.6) is 0 Å². The molecular formula is C16H22N4O. The lowest BCUT2D eigenvalue weighted by molar-refractivity contribution is 0.621. The summed E-state index contributed by atoms with van der Waals surface area (Å²) in [6.45, 7) is 5.25. The highest BCUT2D eigenvalue weighted by molar-refractivity contribution is 5.80. The lowest BCUT2D eigenvalue weighted by Gasteiger charge is -2.09. The highest BCUT2D eigenvalue weighted by atomic mass is 16.1. The predicted molar refractivity (Wildman–Crippen MR) is 87.4 cm³/mol. The highest BCUT2D eigenvalue weighted by Gasteiger charge is 2.06. The molecule has 0 saturated carbocycles. The van der Waals surface area contributed by atoms with Gasteiger partial charge in [0.15, 0.2) is 5.96 Å². The van der Waals surface area contributed by atoms with Gasteiger partial charge in [0.2, 0.25) is 0 Å². The number of aromatic nitrogens is 1. The van der Waals surface area contributed by atoms with E-state index in [1.54, 1.807) is 11.6 Å². The van der Waals surface area contributed by atoms with Gasteiger partial charge in [-0.05, 0) is 23.4 Å². The van der Waals surface area contributed by atoms with Crippen LogP contribution in [-0.4, -0.2) is 17.1 Å². The Morgan fingerprint density at radius 1 is 1.38 bits per heavy atom. The largest absolute Gasteiger partial charge is 0.370 e. The first kappa shape index (κ1) is 15.1. The predicted octanol–water partition coefficient (Wildman–Crippen LogP) is 1.60. The molecule has 1 heterocycles. The molecule has 3 N–H and O–H groups in total. The second-order valence-electron chi connectivity index (χ2n) is 5.57. The number of hydrogen-bond acceptors (Lipinski definition) is 2. The van der Waals surface area contributed by atoms with Gasteiger partial charge in [0, 0.05) is 19.2 Å². The van der Waals surface area contributed by atoms with E-state index in [1.165, 1.54) is 0 Å². The van der Waals surface area contributed by atoms with Crippen LogP contribution in [0.2, 0.25) is 0 Å². The Morgan fingerprint density at radius 3 is 2.81 bits per heavy atom. The van der Waals surface area contributed by atoms with Gasteiger partial charge in [-0.15, -0.1) is 0 Å². The van der Waals surface area contributed by atoms with Crippen molar-refractivity contribution in [1.29, 1.82) is 0 Å². The third-order valence-corrected chi connectivity index (χ3v) is 3.32. The average Bonchev–Trinajstić information content (AvgIpc) is 2.47. The van der Waals surface area contributed by atoms with Gasteiger partial charge in [0.1, 0.15) is 0 Å². The summed E-state index contributed by atoms with van der Waals surface area (Å²) in [6, 6.07) is 9.69. The van der Waals surface area contributed by atoms with Crippen molar-refractivity contribution in [3.8, 4) is 0 Å². The van der Waals surface area contributed by atoms with Gasteiger partial charge in [0.25, 0.3) is 5.56 Å². The third kappa shape index (κ3) is 3.62. The van der Waals surface area contributed by atoms with Crippen LogP contribution in [0.25, 0.3) is 10.9 Å². The second-order valence-corrected chi connectivity index (χ2v) is 5.57. The fourth-order valence-electron chi connectivity index (χ4n) is 2.14. The van der Waals surface area contributed by atoms with Crippen LogP contribution in [0.3, 0.4) is 0 Å². The number of nitrogens with two attached hydrogens (primary N) is 1. The molecule has 21 heavy (non-hydrogen) atoms. The van der Waals surface area contributed by atoms with Gasteiger partial charge >= 0.3 is 0 Å². The molecule has 2 aromatic rings. The average molecular weight is 286 g/mol. The van der Waals surface area contributed by atoms with Crippen LogP contribution in [0, 0.1) is 5.92 Å². The van der Waals surface area contributed by atoms with Crippen molar-refractivity contribution >= 4 is 16.9 Å². The van der Waals surface area contributed by atoms with Crippen molar-refractivity contribution in [1.82, 2.24) is 9.88 Å². The van der Waals surface area contributed by atoms with E-state index in [2.05, 4.69) is 24.2 Å². The number of nitrogens with zero attached hydrogens (tertiary/aromatic N) is 2. The molecule has 1 aromatic heterocycles. The molecule has 5 heteroatoms. The number of fused-ring (bicyclic) bond motifs is 1. The molecule has 0 radical (unpaired) electrons. The Hall–Kier alpha value is -2.30. The standard InChI is InChI=1S/C16H22N4O/c1-11(2)9-18-16(17)19-10-13-8-12-6-4-5-7-14(12)20(3)15(13)21/h4-8,11H,9-10H2,1-3H3,(H3,17,18,19). The lowest BCUT2D eigenvalue weighted by Crippen LogP contribution is -2.34. The maximum absolute atomic E-state index is 12.3. The van der Waals surface area contributed by atoms with Gasteiger partial charge in [0.05, 0.1) is 12.1 Å². The Kier molecular flexibility index (Phi) is 4.62. The van der Waals surface area contributed by atoms with E-state index in [4.69, 9.17) is 5.73 Å². The van der Waals surface area contributed by atoms with Crippen molar-refractivity contribution in [3.63, 3.8) is 0 Å². The molecule has 0 atom stereocenters. The van der Waals surface area contributed by atoms with Crippen molar-refractivity contribution < 1.29 is 0 Å². The third-order valence-electron chi connectivity index (χ3n) is 3.32. The van der Waals surface area contributed by atoms with Gasteiger partial charge < -0.3 is 15.6 Å². The molecule has 5 nitrogen and oxygen atoms in total. The minimum absolute atomic E-state index is 0.0332. The maximum atomic E-state index is 12.3. The zero-order valence-electron chi connectivity index (χ0n) is 12.8. The van der Waals surface area contributed by atoms with Gasteiger partial charge in [-0.3, -0.25) is 4.79 Å². The number of nitrogens with one attached hydrogen (secondary N) is 1. The minimum atomic E-state index is -0.0332. The number of rotatable bonds is 4. The van der Waals surface area contributed by atoms with Crippen LogP contribution in [0.1, 0.15) is 19.4 Å². The molecule has 0 spiro atoms. The number of hydrogen-bond donors (Lipinski definition) is 2. The molecule has 0 bridgehead atoms. The summed E-state index contributed by atoms with van der Waals surface area (Å²) >= 11 is 0.